The molecule has 45 heavy (non-hydrogen) atoms. The standard InChI is InChI=1S/C39H37N2O3S/c1-3-43-39(42)20-11-25-44-33-16-9-12-29(26-33)28-41-24-23-31(34-17-7-8-18-35(34)41)15-10-19-38-40(2)36-22-21-32(27-37(36)45-38)30-13-5-4-6-14-30/h4-10,12-19,21-24,26-27H,3,11,20,25,28H2,1-2H3/q+1. The van der Waals surface area contributed by atoms with Gasteiger partial charge in [0.1, 0.15) is 17.5 Å². The minimum absolute atomic E-state index is 0.180. The minimum atomic E-state index is -0.180. The molecule has 0 atom stereocenters. The maximum absolute atomic E-state index is 11.6. The van der Waals surface area contributed by atoms with Gasteiger partial charge in [-0.15, -0.1) is 0 Å². The first-order chi connectivity index (χ1) is 22.1. The Bertz CT molecular complexity index is 1890. The molecule has 1 aromatic heterocycles. The number of ether oxygens (including phenoxy) is 2. The first-order valence-electron chi connectivity index (χ1n) is 15.4. The second kappa shape index (κ2) is 14.2. The zero-order chi connectivity index (χ0) is 31.0. The first-order valence-corrected chi connectivity index (χ1v) is 16.2. The molecule has 0 bridgehead atoms. The zero-order valence-corrected chi connectivity index (χ0v) is 26.5. The van der Waals surface area contributed by atoms with Crippen molar-refractivity contribution < 1.29 is 18.8 Å². The maximum atomic E-state index is 11.6. The summed E-state index contributed by atoms with van der Waals surface area (Å²) in [5.74, 6) is 0.628. The van der Waals surface area contributed by atoms with Crippen LogP contribution in [0, 0.1) is 0 Å². The van der Waals surface area contributed by atoms with E-state index in [1.54, 1.807) is 11.3 Å². The molecule has 0 amide bonds. The zero-order valence-electron chi connectivity index (χ0n) is 25.7. The Labute approximate surface area is 269 Å². The van der Waals surface area contributed by atoms with Gasteiger partial charge in [-0.1, -0.05) is 84.2 Å². The van der Waals surface area contributed by atoms with Crippen molar-refractivity contribution >= 4 is 44.9 Å². The van der Waals surface area contributed by atoms with Gasteiger partial charge in [0.15, 0.2) is 0 Å². The highest BCUT2D eigenvalue weighted by atomic mass is 32.1. The van der Waals surface area contributed by atoms with Crippen LogP contribution in [0.5, 0.6) is 5.75 Å². The molecular formula is C39H37N2O3S+. The van der Waals surface area contributed by atoms with E-state index in [0.29, 0.717) is 26.1 Å². The third-order valence-electron chi connectivity index (χ3n) is 7.80. The van der Waals surface area contributed by atoms with Crippen molar-refractivity contribution in [3.05, 3.63) is 138 Å². The normalized spacial score (nSPS) is 13.5. The monoisotopic (exact) mass is 613 g/mol. The van der Waals surface area contributed by atoms with Crippen LogP contribution in [0.15, 0.2) is 121 Å². The van der Waals surface area contributed by atoms with Crippen LogP contribution in [0.2, 0.25) is 0 Å². The van der Waals surface area contributed by atoms with Crippen LogP contribution in [-0.4, -0.2) is 19.2 Å². The van der Waals surface area contributed by atoms with Crippen LogP contribution in [0.25, 0.3) is 33.0 Å². The summed E-state index contributed by atoms with van der Waals surface area (Å²) >= 11 is 1.81. The number of esters is 1. The molecule has 1 aliphatic heterocycles. The van der Waals surface area contributed by atoms with Gasteiger partial charge in [-0.25, -0.2) is 0 Å². The summed E-state index contributed by atoms with van der Waals surface area (Å²) in [7, 11) is 2.13. The molecular weight excluding hydrogens is 577 g/mol. The molecule has 6 rings (SSSR count). The number of hydrogen-bond donors (Lipinski definition) is 0. The van der Waals surface area contributed by atoms with E-state index in [0.717, 1.165) is 17.9 Å². The lowest BCUT2D eigenvalue weighted by molar-refractivity contribution is -0.642. The van der Waals surface area contributed by atoms with E-state index in [1.165, 1.54) is 43.2 Å². The molecule has 0 saturated heterocycles. The largest absolute Gasteiger partial charge is 0.494 e. The van der Waals surface area contributed by atoms with E-state index >= 15 is 0 Å². The fourth-order valence-corrected chi connectivity index (χ4v) is 6.63. The average Bonchev–Trinajstić information content (AvgIpc) is 3.39. The number of allylic oxidation sites excluding steroid dienone is 4. The molecule has 0 spiro atoms. The van der Waals surface area contributed by atoms with E-state index in [-0.39, 0.29) is 5.97 Å². The lowest BCUT2D eigenvalue weighted by atomic mass is 9.99. The van der Waals surface area contributed by atoms with Crippen LogP contribution in [0.3, 0.4) is 0 Å². The Morgan fingerprint density at radius 1 is 0.933 bits per heavy atom. The molecule has 6 heteroatoms. The van der Waals surface area contributed by atoms with Crippen LogP contribution in [0.1, 0.15) is 35.9 Å². The molecule has 1 aliphatic rings. The number of nitrogens with zero attached hydrogens (tertiary/aromatic N) is 2. The van der Waals surface area contributed by atoms with Crippen LogP contribution in [0.4, 0.5) is 5.69 Å². The number of carbonyl (C=O) groups is 1. The summed E-state index contributed by atoms with van der Waals surface area (Å²) in [6.07, 6.45) is 11.9. The van der Waals surface area contributed by atoms with E-state index in [1.807, 2.05) is 19.1 Å². The number of rotatable bonds is 11. The molecule has 5 nitrogen and oxygen atoms in total. The number of aryl methyl sites for hydroxylation is 1. The molecule has 5 aromatic rings. The van der Waals surface area contributed by atoms with Gasteiger partial charge in [0.05, 0.1) is 13.2 Å². The number of anilines is 1. The second-order valence-electron chi connectivity index (χ2n) is 10.9. The molecule has 0 aliphatic carbocycles. The third kappa shape index (κ3) is 7.24. The number of benzene rings is 4. The summed E-state index contributed by atoms with van der Waals surface area (Å²) in [6.45, 7) is 3.43. The quantitative estimate of drug-likeness (QED) is 0.0849. The predicted octanol–water partition coefficient (Wildman–Crippen LogP) is 8.75. The van der Waals surface area contributed by atoms with Crippen molar-refractivity contribution in [3.63, 3.8) is 0 Å². The number of fused-ring (bicyclic) bond motifs is 2. The summed E-state index contributed by atoms with van der Waals surface area (Å²) in [4.78, 5) is 13.8. The summed E-state index contributed by atoms with van der Waals surface area (Å²) < 4.78 is 14.4. The molecule has 0 N–H and O–H groups in total. The van der Waals surface area contributed by atoms with E-state index in [9.17, 15) is 4.79 Å². The van der Waals surface area contributed by atoms with Crippen LogP contribution in [-0.2, 0) is 23.1 Å². The number of hydrogen-bond acceptors (Lipinski definition) is 5. The molecule has 0 saturated carbocycles. The molecule has 4 aromatic carbocycles. The van der Waals surface area contributed by atoms with Crippen LogP contribution >= 0.6 is 11.3 Å². The van der Waals surface area contributed by atoms with Gasteiger partial charge in [0.25, 0.3) is 5.01 Å². The highest BCUT2D eigenvalue weighted by Gasteiger charge is 2.17. The first kappa shape index (κ1) is 30.1. The van der Waals surface area contributed by atoms with Crippen molar-refractivity contribution in [1.82, 2.24) is 0 Å². The Morgan fingerprint density at radius 3 is 2.64 bits per heavy atom. The highest BCUT2D eigenvalue weighted by Crippen LogP contribution is 2.34. The highest BCUT2D eigenvalue weighted by molar-refractivity contribution is 7.18. The van der Waals surface area contributed by atoms with Crippen molar-refractivity contribution in [3.8, 4) is 16.9 Å². The average molecular weight is 614 g/mol. The molecule has 2 heterocycles. The van der Waals surface area contributed by atoms with E-state index < -0.39 is 0 Å². The minimum Gasteiger partial charge on any atom is -0.494 e. The number of thiazole rings is 1. The van der Waals surface area contributed by atoms with Gasteiger partial charge in [-0.3, -0.25) is 4.79 Å². The van der Waals surface area contributed by atoms with Gasteiger partial charge in [-0.2, -0.15) is 4.57 Å². The topological polar surface area (TPSA) is 42.7 Å². The molecule has 0 fully saturated rings. The van der Waals surface area contributed by atoms with Gasteiger partial charge in [-0.05, 0) is 72.0 Å². The Morgan fingerprint density at radius 2 is 1.78 bits per heavy atom. The van der Waals surface area contributed by atoms with Gasteiger partial charge in [0.2, 0.25) is 5.52 Å². The van der Waals surface area contributed by atoms with Gasteiger partial charge in [0, 0.05) is 42.6 Å². The fourth-order valence-electron chi connectivity index (χ4n) is 5.52. The van der Waals surface area contributed by atoms with Crippen molar-refractivity contribution in [1.29, 1.82) is 0 Å². The molecule has 0 radical (unpaired) electrons. The van der Waals surface area contributed by atoms with Gasteiger partial charge >= 0.3 is 5.97 Å². The lowest BCUT2D eigenvalue weighted by Crippen LogP contribution is -2.28. The smallest absolute Gasteiger partial charge is 0.305 e. The van der Waals surface area contributed by atoms with Crippen molar-refractivity contribution in [2.24, 2.45) is 7.05 Å². The second-order valence-corrected chi connectivity index (χ2v) is 12.0. The summed E-state index contributed by atoms with van der Waals surface area (Å²) in [6, 6.07) is 33.9. The molecule has 0 unspecified atom stereocenters. The number of para-hydroxylation sites is 1. The number of aromatic nitrogens is 1. The molecule has 226 valence electrons. The number of carbonyl (C=O) groups excluding carboxylic acids is 1. The van der Waals surface area contributed by atoms with Crippen molar-refractivity contribution in [2.45, 2.75) is 26.3 Å². The van der Waals surface area contributed by atoms with E-state index in [2.05, 4.69) is 132 Å². The summed E-state index contributed by atoms with van der Waals surface area (Å²) in [5, 5.41) is 1.20. The third-order valence-corrected chi connectivity index (χ3v) is 8.96. The van der Waals surface area contributed by atoms with Crippen molar-refractivity contribution in [2.75, 3.05) is 18.1 Å². The van der Waals surface area contributed by atoms with E-state index in [4.69, 9.17) is 9.47 Å². The Hall–Kier alpha value is -4.94. The Kier molecular flexibility index (Phi) is 9.52. The van der Waals surface area contributed by atoms with Gasteiger partial charge < -0.3 is 14.4 Å². The predicted molar refractivity (Wildman–Crippen MR) is 185 cm³/mol. The fraction of sp³-hybridized carbons (Fsp3) is 0.179. The lowest BCUT2D eigenvalue weighted by Gasteiger charge is -2.28. The Balaban J connectivity index is 1.14. The summed E-state index contributed by atoms with van der Waals surface area (Å²) in [5.41, 5.74) is 8.39. The van der Waals surface area contributed by atoms with Crippen LogP contribution < -0.4 is 14.2 Å². The SMILES string of the molecule is CCOC(=O)CCCOc1cccc(CN2C=CC(=CC=Cc3sc4cc(-c5ccccc5)ccc4[n+]3C)c3ccccc32)c1. The maximum Gasteiger partial charge on any atom is 0.305 e.